The van der Waals surface area contributed by atoms with Crippen LogP contribution in [0.1, 0.15) is 37.4 Å². The molecule has 0 aliphatic heterocycles. The number of aliphatic hydroxyl groups is 1. The molecule has 0 fully saturated rings. The molecular weight excluding hydrogens is 276 g/mol. The van der Waals surface area contributed by atoms with Gasteiger partial charge in [0.25, 0.3) is 0 Å². The lowest BCUT2D eigenvalue weighted by atomic mass is 10.1. The highest BCUT2D eigenvalue weighted by Gasteiger charge is 2.06. The minimum absolute atomic E-state index is 0.00916. The molecule has 0 heterocycles. The average molecular weight is 298 g/mol. The SMILES string of the molecule is CCC(=O)Nc1ccc(NC(C)c2cccc(CO)c2)cc1. The second kappa shape index (κ2) is 7.61. The number of anilines is 2. The number of aliphatic hydroxyl groups excluding tert-OH is 1. The molecule has 1 amide bonds. The zero-order valence-electron chi connectivity index (χ0n) is 13.0. The first-order chi connectivity index (χ1) is 10.6. The van der Waals surface area contributed by atoms with Crippen molar-refractivity contribution in [1.82, 2.24) is 0 Å². The van der Waals surface area contributed by atoms with Gasteiger partial charge in [-0.15, -0.1) is 0 Å². The summed E-state index contributed by atoms with van der Waals surface area (Å²) in [6, 6.07) is 15.7. The molecule has 4 heteroatoms. The molecule has 116 valence electrons. The molecule has 0 aliphatic rings. The van der Waals surface area contributed by atoms with Gasteiger partial charge in [-0.05, 0) is 42.3 Å². The molecule has 0 aromatic heterocycles. The zero-order chi connectivity index (χ0) is 15.9. The Morgan fingerprint density at radius 1 is 1.14 bits per heavy atom. The highest BCUT2D eigenvalue weighted by atomic mass is 16.3. The van der Waals surface area contributed by atoms with E-state index in [1.54, 1.807) is 0 Å². The number of carbonyl (C=O) groups is 1. The van der Waals surface area contributed by atoms with Gasteiger partial charge >= 0.3 is 0 Å². The van der Waals surface area contributed by atoms with E-state index in [1.165, 1.54) is 0 Å². The molecule has 1 unspecified atom stereocenters. The van der Waals surface area contributed by atoms with Crippen LogP contribution in [0.25, 0.3) is 0 Å². The summed E-state index contributed by atoms with van der Waals surface area (Å²) in [4.78, 5) is 11.3. The molecule has 2 aromatic carbocycles. The van der Waals surface area contributed by atoms with Crippen LogP contribution < -0.4 is 10.6 Å². The second-order valence-corrected chi connectivity index (χ2v) is 5.25. The highest BCUT2D eigenvalue weighted by molar-refractivity contribution is 5.90. The van der Waals surface area contributed by atoms with Gasteiger partial charge in [0.1, 0.15) is 0 Å². The maximum absolute atomic E-state index is 11.3. The van der Waals surface area contributed by atoms with Crippen molar-refractivity contribution in [2.24, 2.45) is 0 Å². The Kier molecular flexibility index (Phi) is 5.55. The normalized spacial score (nSPS) is 11.8. The standard InChI is InChI=1S/C18H22N2O2/c1-3-18(22)20-17-9-7-16(8-10-17)19-13(2)15-6-4-5-14(11-15)12-21/h4-11,13,19,21H,3,12H2,1-2H3,(H,20,22). The van der Waals surface area contributed by atoms with E-state index in [4.69, 9.17) is 0 Å². The van der Waals surface area contributed by atoms with Crippen LogP contribution >= 0.6 is 0 Å². The van der Waals surface area contributed by atoms with Gasteiger partial charge in [0, 0.05) is 23.8 Å². The van der Waals surface area contributed by atoms with Gasteiger partial charge in [-0.3, -0.25) is 4.79 Å². The molecule has 3 N–H and O–H groups in total. The Hall–Kier alpha value is -2.33. The monoisotopic (exact) mass is 298 g/mol. The molecule has 22 heavy (non-hydrogen) atoms. The molecule has 0 aliphatic carbocycles. The van der Waals surface area contributed by atoms with Crippen molar-refractivity contribution in [2.45, 2.75) is 32.9 Å². The van der Waals surface area contributed by atoms with Crippen molar-refractivity contribution in [1.29, 1.82) is 0 Å². The maximum atomic E-state index is 11.3. The number of amides is 1. The molecule has 1 atom stereocenters. The number of carbonyl (C=O) groups excluding carboxylic acids is 1. The fourth-order valence-corrected chi connectivity index (χ4v) is 2.19. The minimum Gasteiger partial charge on any atom is -0.392 e. The third kappa shape index (κ3) is 4.33. The largest absolute Gasteiger partial charge is 0.392 e. The third-order valence-electron chi connectivity index (χ3n) is 3.51. The van der Waals surface area contributed by atoms with E-state index in [0.29, 0.717) is 6.42 Å². The van der Waals surface area contributed by atoms with Crippen LogP contribution in [0.3, 0.4) is 0 Å². The second-order valence-electron chi connectivity index (χ2n) is 5.25. The van der Waals surface area contributed by atoms with Crippen molar-refractivity contribution in [3.8, 4) is 0 Å². The van der Waals surface area contributed by atoms with E-state index in [1.807, 2.05) is 55.5 Å². The van der Waals surface area contributed by atoms with Gasteiger partial charge in [0.15, 0.2) is 0 Å². The lowest BCUT2D eigenvalue weighted by Crippen LogP contribution is -2.10. The predicted molar refractivity (Wildman–Crippen MR) is 89.8 cm³/mol. The predicted octanol–water partition coefficient (Wildman–Crippen LogP) is 3.70. The van der Waals surface area contributed by atoms with E-state index < -0.39 is 0 Å². The summed E-state index contributed by atoms with van der Waals surface area (Å²) >= 11 is 0. The Morgan fingerprint density at radius 3 is 2.45 bits per heavy atom. The summed E-state index contributed by atoms with van der Waals surface area (Å²) in [7, 11) is 0. The van der Waals surface area contributed by atoms with Gasteiger partial charge in [0.2, 0.25) is 5.91 Å². The van der Waals surface area contributed by atoms with Crippen molar-refractivity contribution in [3.63, 3.8) is 0 Å². The Bertz CT molecular complexity index is 623. The summed E-state index contributed by atoms with van der Waals surface area (Å²) in [6.07, 6.45) is 0.470. The molecule has 4 nitrogen and oxygen atoms in total. The van der Waals surface area contributed by atoms with Crippen molar-refractivity contribution < 1.29 is 9.90 Å². The number of rotatable bonds is 6. The van der Waals surface area contributed by atoms with E-state index in [0.717, 1.165) is 22.5 Å². The van der Waals surface area contributed by atoms with Crippen LogP contribution in [0.15, 0.2) is 48.5 Å². The number of nitrogens with one attached hydrogen (secondary N) is 2. The van der Waals surface area contributed by atoms with Crippen molar-refractivity contribution >= 4 is 17.3 Å². The van der Waals surface area contributed by atoms with Crippen molar-refractivity contribution in [3.05, 3.63) is 59.7 Å². The molecule has 2 rings (SSSR count). The molecule has 0 saturated heterocycles. The van der Waals surface area contributed by atoms with Gasteiger partial charge in [0.05, 0.1) is 6.61 Å². The zero-order valence-corrected chi connectivity index (χ0v) is 13.0. The van der Waals surface area contributed by atoms with Crippen LogP contribution in [0.2, 0.25) is 0 Å². The Morgan fingerprint density at radius 2 is 1.82 bits per heavy atom. The fourth-order valence-electron chi connectivity index (χ4n) is 2.19. The summed E-state index contributed by atoms with van der Waals surface area (Å²) in [5, 5.41) is 15.4. The van der Waals surface area contributed by atoms with Crippen LogP contribution in [0.4, 0.5) is 11.4 Å². The minimum atomic E-state index is 0.00916. The number of benzene rings is 2. The molecular formula is C18H22N2O2. The Balaban J connectivity index is 2.02. The van der Waals surface area contributed by atoms with Gasteiger partial charge in [-0.2, -0.15) is 0 Å². The van der Waals surface area contributed by atoms with Crippen LogP contribution in [-0.2, 0) is 11.4 Å². The molecule has 0 radical (unpaired) electrons. The van der Waals surface area contributed by atoms with E-state index in [9.17, 15) is 9.90 Å². The fraction of sp³-hybridized carbons (Fsp3) is 0.278. The number of hydrogen-bond donors (Lipinski definition) is 3. The first kappa shape index (κ1) is 16.0. The maximum Gasteiger partial charge on any atom is 0.224 e. The lowest BCUT2D eigenvalue weighted by Gasteiger charge is -2.17. The molecule has 2 aromatic rings. The highest BCUT2D eigenvalue weighted by Crippen LogP contribution is 2.21. The molecule has 0 saturated carbocycles. The van der Waals surface area contributed by atoms with Gasteiger partial charge < -0.3 is 15.7 Å². The quantitative estimate of drug-likeness (QED) is 0.762. The van der Waals surface area contributed by atoms with Gasteiger partial charge in [-0.1, -0.05) is 31.2 Å². The number of hydrogen-bond acceptors (Lipinski definition) is 3. The molecule has 0 bridgehead atoms. The molecule has 0 spiro atoms. The van der Waals surface area contributed by atoms with Crippen molar-refractivity contribution in [2.75, 3.05) is 10.6 Å². The van der Waals surface area contributed by atoms with E-state index in [2.05, 4.69) is 17.6 Å². The van der Waals surface area contributed by atoms with E-state index >= 15 is 0 Å². The first-order valence-corrected chi connectivity index (χ1v) is 7.48. The summed E-state index contributed by atoms with van der Waals surface area (Å²) in [5.41, 5.74) is 3.81. The topological polar surface area (TPSA) is 61.4 Å². The average Bonchev–Trinajstić information content (AvgIpc) is 2.56. The van der Waals surface area contributed by atoms with E-state index in [-0.39, 0.29) is 18.6 Å². The first-order valence-electron chi connectivity index (χ1n) is 7.48. The lowest BCUT2D eigenvalue weighted by molar-refractivity contribution is -0.115. The summed E-state index contributed by atoms with van der Waals surface area (Å²) in [5.74, 6) is 0.00916. The summed E-state index contributed by atoms with van der Waals surface area (Å²) < 4.78 is 0. The Labute approximate surface area is 131 Å². The van der Waals surface area contributed by atoms with Gasteiger partial charge in [-0.25, -0.2) is 0 Å². The third-order valence-corrected chi connectivity index (χ3v) is 3.51. The van der Waals surface area contributed by atoms with Crippen LogP contribution in [-0.4, -0.2) is 11.0 Å². The smallest absolute Gasteiger partial charge is 0.224 e. The summed E-state index contributed by atoms with van der Waals surface area (Å²) in [6.45, 7) is 3.95. The van der Waals surface area contributed by atoms with Crippen LogP contribution in [0.5, 0.6) is 0 Å². The van der Waals surface area contributed by atoms with Crippen LogP contribution in [0, 0.1) is 0 Å².